The second-order valence-electron chi connectivity index (χ2n) is 6.09. The standard InChI is InChI=1S/C20H22Cl2N2O3/c1-13(20(26)23-2)24(12-15-5-4-6-16(9-15)27-3)19(25)11-14-7-8-17(21)18(22)10-14/h4-10,13H,11-12H2,1-3H3,(H,23,26). The molecule has 2 rings (SSSR count). The Hall–Kier alpha value is -2.24. The summed E-state index contributed by atoms with van der Waals surface area (Å²) in [5.74, 6) is 0.268. The summed E-state index contributed by atoms with van der Waals surface area (Å²) in [5.41, 5.74) is 1.60. The van der Waals surface area contributed by atoms with Gasteiger partial charge >= 0.3 is 0 Å². The molecule has 0 aromatic heterocycles. The Kier molecular flexibility index (Phi) is 7.51. The van der Waals surface area contributed by atoms with E-state index in [9.17, 15) is 9.59 Å². The molecule has 2 aromatic rings. The third-order valence-corrected chi connectivity index (χ3v) is 4.98. The minimum absolute atomic E-state index is 0.113. The molecule has 0 heterocycles. The molecule has 0 aliphatic rings. The molecule has 1 unspecified atom stereocenters. The zero-order valence-corrected chi connectivity index (χ0v) is 17.0. The Morgan fingerprint density at radius 3 is 2.48 bits per heavy atom. The van der Waals surface area contributed by atoms with E-state index in [4.69, 9.17) is 27.9 Å². The number of nitrogens with one attached hydrogen (secondary N) is 1. The summed E-state index contributed by atoms with van der Waals surface area (Å²) in [4.78, 5) is 26.7. The van der Waals surface area contributed by atoms with Crippen LogP contribution >= 0.6 is 23.2 Å². The molecule has 0 saturated heterocycles. The summed E-state index contributed by atoms with van der Waals surface area (Å²) in [5, 5.41) is 3.41. The number of rotatable bonds is 7. The molecule has 2 aromatic carbocycles. The van der Waals surface area contributed by atoms with Crippen LogP contribution < -0.4 is 10.1 Å². The van der Waals surface area contributed by atoms with Gasteiger partial charge in [0.1, 0.15) is 11.8 Å². The van der Waals surface area contributed by atoms with Crippen LogP contribution in [0.25, 0.3) is 0 Å². The van der Waals surface area contributed by atoms with Crippen LogP contribution in [0.5, 0.6) is 5.75 Å². The monoisotopic (exact) mass is 408 g/mol. The van der Waals surface area contributed by atoms with E-state index in [0.717, 1.165) is 11.1 Å². The van der Waals surface area contributed by atoms with Gasteiger partial charge in [0.2, 0.25) is 11.8 Å². The number of nitrogens with zero attached hydrogens (tertiary/aromatic N) is 1. The second-order valence-corrected chi connectivity index (χ2v) is 6.90. The highest BCUT2D eigenvalue weighted by molar-refractivity contribution is 6.42. The van der Waals surface area contributed by atoms with Crippen LogP contribution in [0.15, 0.2) is 42.5 Å². The van der Waals surface area contributed by atoms with Crippen LogP contribution in [0.3, 0.4) is 0 Å². The summed E-state index contributed by atoms with van der Waals surface area (Å²) in [6, 6.07) is 11.8. The fourth-order valence-electron chi connectivity index (χ4n) is 2.68. The van der Waals surface area contributed by atoms with Crippen LogP contribution in [0, 0.1) is 0 Å². The Bertz CT molecular complexity index is 827. The molecule has 2 amide bonds. The van der Waals surface area contributed by atoms with E-state index in [-0.39, 0.29) is 24.8 Å². The first-order valence-corrected chi connectivity index (χ1v) is 9.19. The summed E-state index contributed by atoms with van der Waals surface area (Å²) >= 11 is 12.0. The average molecular weight is 409 g/mol. The third-order valence-electron chi connectivity index (χ3n) is 4.24. The van der Waals surface area contributed by atoms with Gasteiger partial charge in [0, 0.05) is 13.6 Å². The molecule has 1 atom stereocenters. The Morgan fingerprint density at radius 1 is 1.11 bits per heavy atom. The maximum Gasteiger partial charge on any atom is 0.242 e. The lowest BCUT2D eigenvalue weighted by molar-refractivity contribution is -0.139. The molecular weight excluding hydrogens is 387 g/mol. The van der Waals surface area contributed by atoms with Crippen LogP contribution in [-0.4, -0.2) is 36.9 Å². The van der Waals surface area contributed by atoms with Crippen molar-refractivity contribution in [3.63, 3.8) is 0 Å². The smallest absolute Gasteiger partial charge is 0.242 e. The quantitative estimate of drug-likeness (QED) is 0.759. The highest BCUT2D eigenvalue weighted by Crippen LogP contribution is 2.23. The van der Waals surface area contributed by atoms with Gasteiger partial charge in [0.05, 0.1) is 23.6 Å². The van der Waals surface area contributed by atoms with Gasteiger partial charge in [0.25, 0.3) is 0 Å². The normalized spacial score (nSPS) is 11.6. The van der Waals surface area contributed by atoms with Crippen molar-refractivity contribution in [3.8, 4) is 5.75 Å². The first kappa shape index (κ1) is 21.1. The van der Waals surface area contributed by atoms with Gasteiger partial charge in [-0.05, 0) is 42.3 Å². The largest absolute Gasteiger partial charge is 0.497 e. The minimum atomic E-state index is -0.628. The second kappa shape index (κ2) is 9.62. The molecule has 0 radical (unpaired) electrons. The summed E-state index contributed by atoms with van der Waals surface area (Å²) in [7, 11) is 3.13. The van der Waals surface area contributed by atoms with Crippen molar-refractivity contribution < 1.29 is 14.3 Å². The summed E-state index contributed by atoms with van der Waals surface area (Å²) in [6.07, 6.45) is 0.113. The zero-order valence-electron chi connectivity index (χ0n) is 15.5. The van der Waals surface area contributed by atoms with Crippen LogP contribution in [0.4, 0.5) is 0 Å². The maximum absolute atomic E-state index is 13.0. The van der Waals surface area contributed by atoms with E-state index < -0.39 is 6.04 Å². The van der Waals surface area contributed by atoms with Crippen molar-refractivity contribution in [2.24, 2.45) is 0 Å². The number of carbonyl (C=O) groups is 2. The summed E-state index contributed by atoms with van der Waals surface area (Å²) < 4.78 is 5.24. The van der Waals surface area contributed by atoms with E-state index >= 15 is 0 Å². The first-order valence-electron chi connectivity index (χ1n) is 8.43. The topological polar surface area (TPSA) is 58.6 Å². The fraction of sp³-hybridized carbons (Fsp3) is 0.300. The third kappa shape index (κ3) is 5.62. The fourth-order valence-corrected chi connectivity index (χ4v) is 3.01. The molecule has 5 nitrogen and oxygen atoms in total. The van der Waals surface area contributed by atoms with Crippen molar-refractivity contribution >= 4 is 35.0 Å². The lowest BCUT2D eigenvalue weighted by Crippen LogP contribution is -2.47. The molecule has 0 spiro atoms. The van der Waals surface area contributed by atoms with Gasteiger partial charge in [-0.15, -0.1) is 0 Å². The number of amides is 2. The van der Waals surface area contributed by atoms with E-state index in [1.165, 1.54) is 4.90 Å². The number of likely N-dealkylation sites (N-methyl/N-ethyl adjacent to an activating group) is 1. The van der Waals surface area contributed by atoms with Gasteiger partial charge in [-0.25, -0.2) is 0 Å². The number of hydrogen-bond acceptors (Lipinski definition) is 3. The van der Waals surface area contributed by atoms with Crippen molar-refractivity contribution in [1.29, 1.82) is 0 Å². The van der Waals surface area contributed by atoms with Gasteiger partial charge in [-0.1, -0.05) is 41.4 Å². The first-order chi connectivity index (χ1) is 12.8. The number of ether oxygens (including phenoxy) is 1. The molecule has 0 fully saturated rings. The number of halogens is 2. The molecular formula is C20H22Cl2N2O3. The van der Waals surface area contributed by atoms with Crippen molar-refractivity contribution in [1.82, 2.24) is 10.2 Å². The van der Waals surface area contributed by atoms with Crippen LogP contribution in [0.2, 0.25) is 10.0 Å². The molecule has 1 N–H and O–H groups in total. The number of methoxy groups -OCH3 is 1. The van der Waals surface area contributed by atoms with Crippen molar-refractivity contribution in [2.45, 2.75) is 25.9 Å². The predicted octanol–water partition coefficient (Wildman–Crippen LogP) is 3.71. The Labute approximate surface area is 169 Å². The summed E-state index contributed by atoms with van der Waals surface area (Å²) in [6.45, 7) is 1.98. The molecule has 27 heavy (non-hydrogen) atoms. The molecule has 7 heteroatoms. The molecule has 0 aliphatic carbocycles. The average Bonchev–Trinajstić information content (AvgIpc) is 2.67. The number of benzene rings is 2. The van der Waals surface area contributed by atoms with Gasteiger partial charge < -0.3 is 15.0 Å². The van der Waals surface area contributed by atoms with Crippen molar-refractivity contribution in [2.75, 3.05) is 14.2 Å². The van der Waals surface area contributed by atoms with Gasteiger partial charge in [-0.3, -0.25) is 9.59 Å². The van der Waals surface area contributed by atoms with Crippen LogP contribution in [-0.2, 0) is 22.6 Å². The van der Waals surface area contributed by atoms with E-state index in [1.807, 2.05) is 24.3 Å². The highest BCUT2D eigenvalue weighted by atomic mass is 35.5. The molecule has 0 aliphatic heterocycles. The molecule has 144 valence electrons. The van der Waals surface area contributed by atoms with E-state index in [2.05, 4.69) is 5.32 Å². The lowest BCUT2D eigenvalue weighted by Gasteiger charge is -2.28. The molecule has 0 saturated carbocycles. The minimum Gasteiger partial charge on any atom is -0.497 e. The molecule has 0 bridgehead atoms. The Balaban J connectivity index is 2.26. The SMILES string of the molecule is CNC(=O)C(C)N(Cc1cccc(OC)c1)C(=O)Cc1ccc(Cl)c(Cl)c1. The van der Waals surface area contributed by atoms with Crippen LogP contribution in [0.1, 0.15) is 18.1 Å². The van der Waals surface area contributed by atoms with E-state index in [1.54, 1.807) is 39.3 Å². The van der Waals surface area contributed by atoms with E-state index in [0.29, 0.717) is 15.8 Å². The lowest BCUT2D eigenvalue weighted by atomic mass is 10.1. The van der Waals surface area contributed by atoms with Crippen molar-refractivity contribution in [3.05, 3.63) is 63.6 Å². The van der Waals surface area contributed by atoms with Gasteiger partial charge in [0.15, 0.2) is 0 Å². The number of carbonyl (C=O) groups excluding carboxylic acids is 2. The number of hydrogen-bond donors (Lipinski definition) is 1. The van der Waals surface area contributed by atoms with Gasteiger partial charge in [-0.2, -0.15) is 0 Å². The maximum atomic E-state index is 13.0. The zero-order chi connectivity index (χ0) is 20.0. The predicted molar refractivity (Wildman–Crippen MR) is 107 cm³/mol. The highest BCUT2D eigenvalue weighted by Gasteiger charge is 2.25. The Morgan fingerprint density at radius 2 is 1.85 bits per heavy atom.